The van der Waals surface area contributed by atoms with Crippen LogP contribution in [0.4, 0.5) is 0 Å². The molecule has 8 heteroatoms. The van der Waals surface area contributed by atoms with E-state index in [2.05, 4.69) is 20.3 Å². The lowest BCUT2D eigenvalue weighted by Crippen LogP contribution is -2.43. The van der Waals surface area contributed by atoms with Crippen LogP contribution in [0.3, 0.4) is 0 Å². The highest BCUT2D eigenvalue weighted by molar-refractivity contribution is 7.89. The summed E-state index contributed by atoms with van der Waals surface area (Å²) in [6.07, 6.45) is 0. The molecule has 22 heavy (non-hydrogen) atoms. The molecule has 0 amide bonds. The second kappa shape index (κ2) is 8.72. The zero-order valence-corrected chi connectivity index (χ0v) is 14.2. The molecule has 0 aliphatic carbocycles. The summed E-state index contributed by atoms with van der Waals surface area (Å²) in [4.78, 5) is 4.37. The van der Waals surface area contributed by atoms with Crippen molar-refractivity contribution in [3.63, 3.8) is 0 Å². The molecule has 0 radical (unpaired) electrons. The van der Waals surface area contributed by atoms with Gasteiger partial charge in [0.1, 0.15) is 0 Å². The Morgan fingerprint density at radius 1 is 1.32 bits per heavy atom. The molecule has 124 valence electrons. The van der Waals surface area contributed by atoms with Crippen LogP contribution in [-0.4, -0.2) is 48.2 Å². The maximum atomic E-state index is 11.6. The first-order valence-electron chi connectivity index (χ1n) is 6.91. The second-order valence-electron chi connectivity index (χ2n) is 4.78. The topological polar surface area (TPSA) is 91.8 Å². The van der Waals surface area contributed by atoms with Crippen LogP contribution in [0.25, 0.3) is 0 Å². The molecule has 0 saturated carbocycles. The molecule has 1 rings (SSSR count). The zero-order valence-electron chi connectivity index (χ0n) is 13.4. The molecule has 0 aromatic heterocycles. The summed E-state index contributed by atoms with van der Waals surface area (Å²) in [6, 6.07) is 6.82. The molecule has 1 unspecified atom stereocenters. The number of nitrogens with one attached hydrogen (secondary N) is 3. The number of methoxy groups -OCH3 is 1. The molecule has 0 aliphatic heterocycles. The lowest BCUT2D eigenvalue weighted by molar-refractivity contribution is 0.179. The van der Waals surface area contributed by atoms with Gasteiger partial charge in [0.25, 0.3) is 0 Å². The van der Waals surface area contributed by atoms with Gasteiger partial charge in [-0.05, 0) is 31.7 Å². The Kier molecular flexibility index (Phi) is 7.30. The molecule has 1 aromatic carbocycles. The highest BCUT2D eigenvalue weighted by Gasteiger charge is 2.10. The number of guanidine groups is 1. The Morgan fingerprint density at radius 3 is 2.45 bits per heavy atom. The number of hydrogen-bond donors (Lipinski definition) is 3. The van der Waals surface area contributed by atoms with Crippen LogP contribution in [0, 0.1) is 0 Å². The first-order chi connectivity index (χ1) is 10.4. The monoisotopic (exact) mass is 328 g/mol. The molecule has 0 bridgehead atoms. The highest BCUT2D eigenvalue weighted by Crippen LogP contribution is 2.09. The van der Waals surface area contributed by atoms with Gasteiger partial charge in [0.05, 0.1) is 11.5 Å². The van der Waals surface area contributed by atoms with E-state index in [1.807, 2.05) is 6.92 Å². The summed E-state index contributed by atoms with van der Waals surface area (Å²) in [5, 5.41) is 6.36. The summed E-state index contributed by atoms with van der Waals surface area (Å²) in [7, 11) is 1.34. The third-order valence-electron chi connectivity index (χ3n) is 2.99. The minimum Gasteiger partial charge on any atom is -0.383 e. The van der Waals surface area contributed by atoms with Crippen molar-refractivity contribution in [2.45, 2.75) is 24.4 Å². The lowest BCUT2D eigenvalue weighted by atomic mass is 10.2. The molecule has 3 N–H and O–H groups in total. The Labute approximate surface area is 132 Å². The predicted molar refractivity (Wildman–Crippen MR) is 87.4 cm³/mol. The third kappa shape index (κ3) is 5.63. The molecule has 7 nitrogen and oxygen atoms in total. The fourth-order valence-electron chi connectivity index (χ4n) is 1.81. The van der Waals surface area contributed by atoms with E-state index in [9.17, 15) is 8.42 Å². The van der Waals surface area contributed by atoms with Crippen LogP contribution in [-0.2, 0) is 21.3 Å². The average Bonchev–Trinajstić information content (AvgIpc) is 2.52. The van der Waals surface area contributed by atoms with Crippen molar-refractivity contribution in [3.05, 3.63) is 29.8 Å². The van der Waals surface area contributed by atoms with Gasteiger partial charge in [0, 0.05) is 26.7 Å². The normalized spacial score (nSPS) is 13.7. The number of nitrogens with zero attached hydrogens (tertiary/aromatic N) is 1. The van der Waals surface area contributed by atoms with E-state index in [1.54, 1.807) is 38.4 Å². The van der Waals surface area contributed by atoms with E-state index in [1.165, 1.54) is 7.05 Å². The summed E-state index contributed by atoms with van der Waals surface area (Å²) in [6.45, 7) is 3.12. The maximum absolute atomic E-state index is 11.6. The SMILES string of the molecule is CN=C(NCc1ccc(S(=O)(=O)NC)cc1)NC(C)COC. The van der Waals surface area contributed by atoms with E-state index in [-0.39, 0.29) is 10.9 Å². The molecule has 0 saturated heterocycles. The Hall–Kier alpha value is -1.64. The first kappa shape index (κ1) is 18.4. The fraction of sp³-hybridized carbons (Fsp3) is 0.500. The Bertz CT molecular complexity index is 585. The van der Waals surface area contributed by atoms with Gasteiger partial charge in [-0.3, -0.25) is 4.99 Å². The molecule has 1 aromatic rings. The van der Waals surface area contributed by atoms with Crippen molar-refractivity contribution in [3.8, 4) is 0 Å². The molecule has 1 atom stereocenters. The van der Waals surface area contributed by atoms with Crippen molar-refractivity contribution in [1.29, 1.82) is 0 Å². The summed E-state index contributed by atoms with van der Waals surface area (Å²) in [5.41, 5.74) is 0.956. The number of aliphatic imine (C=N–C) groups is 1. The number of benzene rings is 1. The quantitative estimate of drug-likeness (QED) is 0.494. The molecular weight excluding hydrogens is 304 g/mol. The summed E-state index contributed by atoms with van der Waals surface area (Å²) in [5.74, 6) is 0.663. The second-order valence-corrected chi connectivity index (χ2v) is 6.66. The number of ether oxygens (including phenoxy) is 1. The fourth-order valence-corrected chi connectivity index (χ4v) is 2.54. The van der Waals surface area contributed by atoms with Crippen LogP contribution in [0.15, 0.2) is 34.2 Å². The first-order valence-corrected chi connectivity index (χ1v) is 8.40. The molecule has 0 heterocycles. The van der Waals surface area contributed by atoms with E-state index in [0.717, 1.165) is 5.56 Å². The van der Waals surface area contributed by atoms with Crippen molar-refractivity contribution < 1.29 is 13.2 Å². The number of rotatable bonds is 7. The van der Waals surface area contributed by atoms with Gasteiger partial charge in [-0.1, -0.05) is 12.1 Å². The van der Waals surface area contributed by atoms with Crippen LogP contribution >= 0.6 is 0 Å². The van der Waals surface area contributed by atoms with Crippen LogP contribution < -0.4 is 15.4 Å². The van der Waals surface area contributed by atoms with Gasteiger partial charge < -0.3 is 15.4 Å². The average molecular weight is 328 g/mol. The largest absolute Gasteiger partial charge is 0.383 e. The van der Waals surface area contributed by atoms with Gasteiger partial charge in [0.15, 0.2) is 5.96 Å². The van der Waals surface area contributed by atoms with Crippen molar-refractivity contribution >= 4 is 16.0 Å². The lowest BCUT2D eigenvalue weighted by Gasteiger charge is -2.17. The Balaban J connectivity index is 2.61. The zero-order chi connectivity index (χ0) is 16.6. The van der Waals surface area contributed by atoms with E-state index in [0.29, 0.717) is 19.1 Å². The standard InChI is InChI=1S/C14H24N4O3S/c1-11(10-21-4)18-14(15-2)17-9-12-5-7-13(8-6-12)22(19,20)16-3/h5-8,11,16H,9-10H2,1-4H3,(H2,15,17,18). The van der Waals surface area contributed by atoms with Crippen LogP contribution in [0.5, 0.6) is 0 Å². The molecule has 0 spiro atoms. The molecule has 0 fully saturated rings. The van der Waals surface area contributed by atoms with Gasteiger partial charge >= 0.3 is 0 Å². The van der Waals surface area contributed by atoms with Crippen LogP contribution in [0.1, 0.15) is 12.5 Å². The van der Waals surface area contributed by atoms with Crippen molar-refractivity contribution in [2.24, 2.45) is 4.99 Å². The van der Waals surface area contributed by atoms with Gasteiger partial charge in [-0.25, -0.2) is 13.1 Å². The van der Waals surface area contributed by atoms with Gasteiger partial charge in [-0.2, -0.15) is 0 Å². The smallest absolute Gasteiger partial charge is 0.240 e. The van der Waals surface area contributed by atoms with Crippen molar-refractivity contribution in [1.82, 2.24) is 15.4 Å². The molecular formula is C14H24N4O3S. The predicted octanol–water partition coefficient (Wildman–Crippen LogP) is 0.295. The minimum atomic E-state index is -3.39. The van der Waals surface area contributed by atoms with Crippen LogP contribution in [0.2, 0.25) is 0 Å². The summed E-state index contributed by atoms with van der Waals surface area (Å²) < 4.78 is 30.6. The summed E-state index contributed by atoms with van der Waals surface area (Å²) >= 11 is 0. The number of hydrogen-bond acceptors (Lipinski definition) is 4. The van der Waals surface area contributed by atoms with E-state index >= 15 is 0 Å². The Morgan fingerprint density at radius 2 is 1.95 bits per heavy atom. The van der Waals surface area contributed by atoms with Gasteiger partial charge in [-0.15, -0.1) is 0 Å². The number of sulfonamides is 1. The minimum absolute atomic E-state index is 0.138. The maximum Gasteiger partial charge on any atom is 0.240 e. The van der Waals surface area contributed by atoms with E-state index < -0.39 is 10.0 Å². The van der Waals surface area contributed by atoms with Crippen molar-refractivity contribution in [2.75, 3.05) is 27.8 Å². The molecule has 0 aliphatic rings. The highest BCUT2D eigenvalue weighted by atomic mass is 32.2. The third-order valence-corrected chi connectivity index (χ3v) is 4.42. The van der Waals surface area contributed by atoms with Gasteiger partial charge in [0.2, 0.25) is 10.0 Å². The van der Waals surface area contributed by atoms with E-state index in [4.69, 9.17) is 4.74 Å².